The fourth-order valence-electron chi connectivity index (χ4n) is 1.40. The van der Waals surface area contributed by atoms with E-state index in [-0.39, 0.29) is 12.0 Å². The van der Waals surface area contributed by atoms with Gasteiger partial charge in [-0.3, -0.25) is 4.79 Å². The van der Waals surface area contributed by atoms with Crippen LogP contribution >= 0.6 is 0 Å². The first-order valence-electron chi connectivity index (χ1n) is 5.26. The molecule has 1 aromatic carbocycles. The molecule has 1 aromatic rings. The lowest BCUT2D eigenvalue weighted by Crippen LogP contribution is -2.40. The van der Waals surface area contributed by atoms with E-state index < -0.39 is 23.7 Å². The number of benzene rings is 1. The Bertz CT molecular complexity index is 445. The van der Waals surface area contributed by atoms with Crippen molar-refractivity contribution in [2.75, 3.05) is 0 Å². The Labute approximate surface area is 98.5 Å². The summed E-state index contributed by atoms with van der Waals surface area (Å²) in [5.74, 6) is -2.46. The van der Waals surface area contributed by atoms with Gasteiger partial charge in [-0.1, -0.05) is 19.1 Å². The van der Waals surface area contributed by atoms with Gasteiger partial charge in [-0.2, -0.15) is 0 Å². The Balaban J connectivity index is 2.90. The predicted molar refractivity (Wildman–Crippen MR) is 60.3 cm³/mol. The zero-order valence-corrected chi connectivity index (χ0v) is 9.66. The van der Waals surface area contributed by atoms with E-state index in [0.717, 1.165) is 0 Å². The van der Waals surface area contributed by atoms with Crippen molar-refractivity contribution in [1.29, 1.82) is 0 Å². The maximum atomic E-state index is 13.6. The second kappa shape index (κ2) is 5.43. The SMILES string of the molecule is CCC(NC(=O)c1cccc(C)c1F)C(=O)O. The molecule has 0 aromatic heterocycles. The third kappa shape index (κ3) is 3.03. The minimum absolute atomic E-state index is 0.135. The summed E-state index contributed by atoms with van der Waals surface area (Å²) in [6, 6.07) is 3.42. The fourth-order valence-corrected chi connectivity index (χ4v) is 1.40. The van der Waals surface area contributed by atoms with Crippen LogP contribution in [-0.4, -0.2) is 23.0 Å². The van der Waals surface area contributed by atoms with Gasteiger partial charge in [-0.25, -0.2) is 9.18 Å². The first-order chi connectivity index (χ1) is 7.97. The monoisotopic (exact) mass is 239 g/mol. The summed E-state index contributed by atoms with van der Waals surface area (Å²) in [6.07, 6.45) is 0.245. The van der Waals surface area contributed by atoms with Crippen LogP contribution in [0.25, 0.3) is 0 Å². The summed E-state index contributed by atoms with van der Waals surface area (Å²) in [5, 5.41) is 11.1. The lowest BCUT2D eigenvalue weighted by Gasteiger charge is -2.13. The van der Waals surface area contributed by atoms with Crippen molar-refractivity contribution in [1.82, 2.24) is 5.32 Å². The molecule has 17 heavy (non-hydrogen) atoms. The molecule has 0 aliphatic rings. The lowest BCUT2D eigenvalue weighted by atomic mass is 10.1. The van der Waals surface area contributed by atoms with Crippen LogP contribution in [0.3, 0.4) is 0 Å². The number of aliphatic carboxylic acids is 1. The van der Waals surface area contributed by atoms with Gasteiger partial charge in [0.05, 0.1) is 5.56 Å². The van der Waals surface area contributed by atoms with Crippen molar-refractivity contribution in [3.05, 3.63) is 35.1 Å². The zero-order chi connectivity index (χ0) is 13.0. The number of nitrogens with one attached hydrogen (secondary N) is 1. The van der Waals surface area contributed by atoms with Gasteiger partial charge in [0.15, 0.2) is 0 Å². The van der Waals surface area contributed by atoms with Gasteiger partial charge in [0.2, 0.25) is 0 Å². The third-order valence-corrected chi connectivity index (χ3v) is 2.45. The average molecular weight is 239 g/mol. The molecule has 0 fully saturated rings. The number of carbonyl (C=O) groups is 2. The number of hydrogen-bond acceptors (Lipinski definition) is 2. The largest absolute Gasteiger partial charge is 0.480 e. The maximum Gasteiger partial charge on any atom is 0.326 e. The molecule has 0 heterocycles. The second-order valence-electron chi connectivity index (χ2n) is 3.71. The summed E-state index contributed by atoms with van der Waals surface area (Å²) in [7, 11) is 0. The molecule has 92 valence electrons. The number of carboxylic acids is 1. The molecule has 0 aliphatic carbocycles. The van der Waals surface area contributed by atoms with E-state index in [0.29, 0.717) is 5.56 Å². The number of aryl methyl sites for hydroxylation is 1. The molecule has 0 bridgehead atoms. The average Bonchev–Trinajstić information content (AvgIpc) is 2.28. The number of carbonyl (C=O) groups excluding carboxylic acids is 1. The number of amides is 1. The van der Waals surface area contributed by atoms with Crippen LogP contribution in [0.1, 0.15) is 29.3 Å². The molecule has 0 saturated carbocycles. The van der Waals surface area contributed by atoms with E-state index in [4.69, 9.17) is 5.11 Å². The highest BCUT2D eigenvalue weighted by Crippen LogP contribution is 2.12. The topological polar surface area (TPSA) is 66.4 Å². The molecule has 4 nitrogen and oxygen atoms in total. The van der Waals surface area contributed by atoms with E-state index >= 15 is 0 Å². The molecule has 0 radical (unpaired) electrons. The first-order valence-corrected chi connectivity index (χ1v) is 5.26. The van der Waals surface area contributed by atoms with Gasteiger partial charge in [-0.05, 0) is 25.0 Å². The number of carboxylic acid groups (broad SMARTS) is 1. The third-order valence-electron chi connectivity index (χ3n) is 2.45. The van der Waals surface area contributed by atoms with E-state index in [2.05, 4.69) is 5.32 Å². The molecule has 1 unspecified atom stereocenters. The van der Waals surface area contributed by atoms with Crippen molar-refractivity contribution in [2.45, 2.75) is 26.3 Å². The normalized spacial score (nSPS) is 11.9. The summed E-state index contributed by atoms with van der Waals surface area (Å²) >= 11 is 0. The van der Waals surface area contributed by atoms with E-state index in [9.17, 15) is 14.0 Å². The van der Waals surface area contributed by atoms with E-state index in [1.165, 1.54) is 6.07 Å². The molecule has 0 spiro atoms. The Hall–Kier alpha value is -1.91. The Morgan fingerprint density at radius 2 is 2.12 bits per heavy atom. The highest BCUT2D eigenvalue weighted by atomic mass is 19.1. The van der Waals surface area contributed by atoms with Gasteiger partial charge < -0.3 is 10.4 Å². The van der Waals surface area contributed by atoms with Crippen LogP contribution in [0.15, 0.2) is 18.2 Å². The Morgan fingerprint density at radius 1 is 1.47 bits per heavy atom. The van der Waals surface area contributed by atoms with Crippen molar-refractivity contribution < 1.29 is 19.1 Å². The summed E-state index contributed by atoms with van der Waals surface area (Å²) in [6.45, 7) is 3.17. The minimum Gasteiger partial charge on any atom is -0.480 e. The van der Waals surface area contributed by atoms with Crippen molar-refractivity contribution in [2.24, 2.45) is 0 Å². The predicted octanol–water partition coefficient (Wildman–Crippen LogP) is 1.73. The molecule has 5 heteroatoms. The van der Waals surface area contributed by atoms with Crippen LogP contribution in [0.2, 0.25) is 0 Å². The Morgan fingerprint density at radius 3 is 2.65 bits per heavy atom. The summed E-state index contributed by atoms with van der Waals surface area (Å²) < 4.78 is 13.6. The molecule has 1 amide bonds. The lowest BCUT2D eigenvalue weighted by molar-refractivity contribution is -0.139. The molecule has 0 saturated heterocycles. The zero-order valence-electron chi connectivity index (χ0n) is 9.66. The van der Waals surface area contributed by atoms with Gasteiger partial charge in [0, 0.05) is 0 Å². The maximum absolute atomic E-state index is 13.6. The van der Waals surface area contributed by atoms with Gasteiger partial charge in [0.1, 0.15) is 11.9 Å². The number of hydrogen-bond donors (Lipinski definition) is 2. The van der Waals surface area contributed by atoms with Crippen LogP contribution in [0.4, 0.5) is 4.39 Å². The van der Waals surface area contributed by atoms with Gasteiger partial charge in [0.25, 0.3) is 5.91 Å². The van der Waals surface area contributed by atoms with E-state index in [1.54, 1.807) is 26.0 Å². The van der Waals surface area contributed by atoms with Crippen molar-refractivity contribution in [3.8, 4) is 0 Å². The quantitative estimate of drug-likeness (QED) is 0.840. The highest BCUT2D eigenvalue weighted by Gasteiger charge is 2.20. The second-order valence-corrected chi connectivity index (χ2v) is 3.71. The minimum atomic E-state index is -1.13. The standard InChI is InChI=1S/C12H14FNO3/c1-3-9(12(16)17)14-11(15)8-6-4-5-7(2)10(8)13/h4-6,9H,3H2,1-2H3,(H,14,15)(H,16,17). The Kier molecular flexibility index (Phi) is 4.20. The molecular formula is C12H14FNO3. The van der Waals surface area contributed by atoms with Crippen LogP contribution in [0.5, 0.6) is 0 Å². The molecule has 0 aliphatic heterocycles. The van der Waals surface area contributed by atoms with Gasteiger partial charge >= 0.3 is 5.97 Å². The number of halogens is 1. The first kappa shape index (κ1) is 13.2. The van der Waals surface area contributed by atoms with Crippen LogP contribution in [0, 0.1) is 12.7 Å². The highest BCUT2D eigenvalue weighted by molar-refractivity contribution is 5.96. The smallest absolute Gasteiger partial charge is 0.326 e. The molecule has 1 rings (SSSR count). The van der Waals surface area contributed by atoms with Crippen molar-refractivity contribution >= 4 is 11.9 Å². The number of rotatable bonds is 4. The van der Waals surface area contributed by atoms with Crippen LogP contribution in [-0.2, 0) is 4.79 Å². The summed E-state index contributed by atoms with van der Waals surface area (Å²) in [5.41, 5.74) is 0.214. The molecular weight excluding hydrogens is 225 g/mol. The van der Waals surface area contributed by atoms with Crippen LogP contribution < -0.4 is 5.32 Å². The van der Waals surface area contributed by atoms with Gasteiger partial charge in [-0.15, -0.1) is 0 Å². The summed E-state index contributed by atoms with van der Waals surface area (Å²) in [4.78, 5) is 22.4. The van der Waals surface area contributed by atoms with E-state index in [1.807, 2.05) is 0 Å². The fraction of sp³-hybridized carbons (Fsp3) is 0.333. The molecule has 1 atom stereocenters. The van der Waals surface area contributed by atoms with Crippen molar-refractivity contribution in [3.63, 3.8) is 0 Å². The molecule has 2 N–H and O–H groups in total.